The predicted octanol–water partition coefficient (Wildman–Crippen LogP) is 1.29. The second-order valence-corrected chi connectivity index (χ2v) is 5.79. The molecule has 1 amide bonds. The minimum absolute atomic E-state index is 0.0283. The Kier molecular flexibility index (Phi) is 5.98. The van der Waals surface area contributed by atoms with Gasteiger partial charge in [-0.25, -0.2) is 0 Å². The summed E-state index contributed by atoms with van der Waals surface area (Å²) in [6, 6.07) is 7.24. The zero-order valence-corrected chi connectivity index (χ0v) is 13.2. The van der Waals surface area contributed by atoms with Crippen molar-refractivity contribution in [2.45, 2.75) is 12.5 Å². The first kappa shape index (κ1) is 16.5. The number of carbonyl (C=O) groups is 1. The third-order valence-corrected chi connectivity index (χ3v) is 3.65. The van der Waals surface area contributed by atoms with Crippen molar-refractivity contribution < 1.29 is 14.6 Å². The molecule has 0 heterocycles. The highest BCUT2D eigenvalue weighted by molar-refractivity contribution is 5.97. The van der Waals surface area contributed by atoms with Crippen molar-refractivity contribution in [3.63, 3.8) is 0 Å². The van der Waals surface area contributed by atoms with Gasteiger partial charge < -0.3 is 20.1 Å². The number of rotatable bonds is 7. The highest BCUT2D eigenvalue weighted by atomic mass is 16.5. The van der Waals surface area contributed by atoms with Crippen LogP contribution in [0.15, 0.2) is 36.4 Å². The van der Waals surface area contributed by atoms with E-state index in [2.05, 4.69) is 5.32 Å². The van der Waals surface area contributed by atoms with Gasteiger partial charge in [0.1, 0.15) is 12.4 Å². The van der Waals surface area contributed by atoms with Crippen LogP contribution >= 0.6 is 0 Å². The van der Waals surface area contributed by atoms with E-state index in [1.165, 1.54) is 0 Å². The van der Waals surface area contributed by atoms with Crippen LogP contribution in [0.3, 0.4) is 0 Å². The molecule has 2 rings (SSSR count). The van der Waals surface area contributed by atoms with Crippen molar-refractivity contribution in [1.82, 2.24) is 10.2 Å². The van der Waals surface area contributed by atoms with Crippen LogP contribution in [-0.4, -0.2) is 55.8 Å². The second-order valence-electron chi connectivity index (χ2n) is 5.79. The summed E-state index contributed by atoms with van der Waals surface area (Å²) in [5.41, 5.74) is 0.544. The number of likely N-dealkylation sites (N-methyl/N-ethyl adjacent to an activating group) is 1. The molecule has 1 aliphatic rings. The zero-order valence-electron chi connectivity index (χ0n) is 13.2. The maximum atomic E-state index is 12.4. The molecule has 0 spiro atoms. The second kappa shape index (κ2) is 7.96. The maximum absolute atomic E-state index is 12.4. The van der Waals surface area contributed by atoms with Crippen molar-refractivity contribution in [3.05, 3.63) is 42.0 Å². The fourth-order valence-corrected chi connectivity index (χ4v) is 2.38. The fraction of sp³-hybridized carbons (Fsp3) is 0.471. The third-order valence-electron chi connectivity index (χ3n) is 3.65. The van der Waals surface area contributed by atoms with Crippen molar-refractivity contribution >= 4 is 5.91 Å². The lowest BCUT2D eigenvalue weighted by atomic mass is 10.1. The maximum Gasteiger partial charge on any atom is 0.255 e. The van der Waals surface area contributed by atoms with Crippen LogP contribution in [0.25, 0.3) is 0 Å². The molecule has 1 aromatic carbocycles. The quantitative estimate of drug-likeness (QED) is 0.745. The number of para-hydroxylation sites is 1. The average Bonchev–Trinajstić information content (AvgIpc) is 2.95. The largest absolute Gasteiger partial charge is 0.491 e. The van der Waals surface area contributed by atoms with E-state index in [0.29, 0.717) is 17.9 Å². The molecule has 0 fully saturated rings. The van der Waals surface area contributed by atoms with Gasteiger partial charge in [0.15, 0.2) is 0 Å². The van der Waals surface area contributed by atoms with E-state index in [-0.39, 0.29) is 24.5 Å². The minimum Gasteiger partial charge on any atom is -0.491 e. The molecule has 1 aliphatic carbocycles. The molecule has 22 heavy (non-hydrogen) atoms. The molecular formula is C17H24N2O3. The number of hydrogen-bond acceptors (Lipinski definition) is 4. The number of aliphatic hydroxyl groups is 1. The van der Waals surface area contributed by atoms with Gasteiger partial charge in [0.2, 0.25) is 0 Å². The Bertz CT molecular complexity index is 528. The normalized spacial score (nSPS) is 20.4. The number of carbonyl (C=O) groups excluding carboxylic acids is 1. The van der Waals surface area contributed by atoms with Gasteiger partial charge in [-0.05, 0) is 32.6 Å². The van der Waals surface area contributed by atoms with E-state index in [1.54, 1.807) is 6.07 Å². The Morgan fingerprint density at radius 2 is 2.14 bits per heavy atom. The summed E-state index contributed by atoms with van der Waals surface area (Å²) >= 11 is 0. The summed E-state index contributed by atoms with van der Waals surface area (Å²) < 4.78 is 5.72. The van der Waals surface area contributed by atoms with Crippen molar-refractivity contribution in [1.29, 1.82) is 0 Å². The van der Waals surface area contributed by atoms with Gasteiger partial charge in [0.25, 0.3) is 5.91 Å². The molecule has 2 atom stereocenters. The van der Waals surface area contributed by atoms with Gasteiger partial charge in [-0.15, -0.1) is 0 Å². The van der Waals surface area contributed by atoms with Crippen molar-refractivity contribution in [3.8, 4) is 5.75 Å². The summed E-state index contributed by atoms with van der Waals surface area (Å²) in [6.07, 6.45) is 4.63. The molecule has 0 unspecified atom stereocenters. The number of hydrogen-bond donors (Lipinski definition) is 2. The third kappa shape index (κ3) is 4.58. The molecule has 0 radical (unpaired) electrons. The highest BCUT2D eigenvalue weighted by Crippen LogP contribution is 2.21. The number of nitrogens with one attached hydrogen (secondary N) is 1. The lowest BCUT2D eigenvalue weighted by Gasteiger charge is -2.16. The Morgan fingerprint density at radius 1 is 1.36 bits per heavy atom. The number of amides is 1. The van der Waals surface area contributed by atoms with Crippen LogP contribution < -0.4 is 10.1 Å². The van der Waals surface area contributed by atoms with Gasteiger partial charge in [-0.1, -0.05) is 24.3 Å². The lowest BCUT2D eigenvalue weighted by Crippen LogP contribution is -2.33. The topological polar surface area (TPSA) is 61.8 Å². The van der Waals surface area contributed by atoms with Crippen LogP contribution in [0.5, 0.6) is 5.75 Å². The Morgan fingerprint density at radius 3 is 2.82 bits per heavy atom. The summed E-state index contributed by atoms with van der Waals surface area (Å²) in [6.45, 7) is 1.44. The molecule has 5 heteroatoms. The van der Waals surface area contributed by atoms with Gasteiger partial charge in [0, 0.05) is 25.1 Å². The number of benzene rings is 1. The molecule has 2 N–H and O–H groups in total. The van der Waals surface area contributed by atoms with Gasteiger partial charge in [-0.3, -0.25) is 4.79 Å². The molecule has 0 saturated carbocycles. The number of aliphatic hydroxyl groups excluding tert-OH is 1. The van der Waals surface area contributed by atoms with E-state index in [9.17, 15) is 4.79 Å². The molecule has 1 aromatic rings. The molecular weight excluding hydrogens is 280 g/mol. The smallest absolute Gasteiger partial charge is 0.255 e. The van der Waals surface area contributed by atoms with Crippen molar-refractivity contribution in [2.75, 3.05) is 33.9 Å². The zero-order chi connectivity index (χ0) is 15.9. The van der Waals surface area contributed by atoms with Gasteiger partial charge >= 0.3 is 0 Å². The molecule has 120 valence electrons. The minimum atomic E-state index is -0.145. The Balaban J connectivity index is 1.96. The van der Waals surface area contributed by atoms with Gasteiger partial charge in [0.05, 0.1) is 5.56 Å². The number of ether oxygens (including phenoxy) is 1. The number of nitrogens with zero attached hydrogens (tertiary/aromatic N) is 1. The molecule has 0 aromatic heterocycles. The monoisotopic (exact) mass is 304 g/mol. The van der Waals surface area contributed by atoms with E-state index >= 15 is 0 Å². The standard InChI is InChI=1S/C17H24N2O3/c1-19(2)9-10-22-16-6-4-3-5-15(16)17(21)18-14-8-7-13(11-14)12-20/h3-8,13-14,20H,9-12H2,1-2H3,(H,18,21)/t13-,14+/m0/s1. The van der Waals surface area contributed by atoms with Gasteiger partial charge in [-0.2, -0.15) is 0 Å². The van der Waals surface area contributed by atoms with Crippen molar-refractivity contribution in [2.24, 2.45) is 5.92 Å². The summed E-state index contributed by atoms with van der Waals surface area (Å²) in [5.74, 6) is 0.591. The van der Waals surface area contributed by atoms with E-state index in [0.717, 1.165) is 13.0 Å². The van der Waals surface area contributed by atoms with Crippen LogP contribution in [0.2, 0.25) is 0 Å². The summed E-state index contributed by atoms with van der Waals surface area (Å²) in [5, 5.41) is 12.1. The summed E-state index contributed by atoms with van der Waals surface area (Å²) in [4.78, 5) is 14.4. The average molecular weight is 304 g/mol. The van der Waals surface area contributed by atoms with Crippen LogP contribution in [-0.2, 0) is 0 Å². The van der Waals surface area contributed by atoms with E-state index in [1.807, 2.05) is 49.3 Å². The van der Waals surface area contributed by atoms with Crippen LogP contribution in [0.4, 0.5) is 0 Å². The van der Waals surface area contributed by atoms with E-state index in [4.69, 9.17) is 9.84 Å². The Labute approximate surface area is 131 Å². The highest BCUT2D eigenvalue weighted by Gasteiger charge is 2.21. The lowest BCUT2D eigenvalue weighted by molar-refractivity contribution is 0.0936. The first-order valence-corrected chi connectivity index (χ1v) is 7.56. The molecule has 5 nitrogen and oxygen atoms in total. The van der Waals surface area contributed by atoms with Crippen LogP contribution in [0.1, 0.15) is 16.8 Å². The molecule has 0 aliphatic heterocycles. The van der Waals surface area contributed by atoms with Crippen LogP contribution in [0, 0.1) is 5.92 Å². The first-order chi connectivity index (χ1) is 10.6. The molecule has 0 saturated heterocycles. The SMILES string of the molecule is CN(C)CCOc1ccccc1C(=O)N[C@@H]1C=C[C@H](CO)C1. The van der Waals surface area contributed by atoms with E-state index < -0.39 is 0 Å². The predicted molar refractivity (Wildman–Crippen MR) is 86.1 cm³/mol. The fourth-order valence-electron chi connectivity index (χ4n) is 2.38. The first-order valence-electron chi connectivity index (χ1n) is 7.56. The molecule has 0 bridgehead atoms. The summed E-state index contributed by atoms with van der Waals surface area (Å²) in [7, 11) is 3.96. The Hall–Kier alpha value is -1.85.